The highest BCUT2D eigenvalue weighted by atomic mass is 35.5. The molecule has 7 nitrogen and oxygen atoms in total. The lowest BCUT2D eigenvalue weighted by atomic mass is 10.2. The molecule has 146 valence electrons. The second-order valence-electron chi connectivity index (χ2n) is 6.28. The fraction of sp³-hybridized carbons (Fsp3) is 0.250. The van der Waals surface area contributed by atoms with Gasteiger partial charge in [-0.05, 0) is 55.5 Å². The van der Waals surface area contributed by atoms with Crippen molar-refractivity contribution in [2.75, 3.05) is 23.4 Å². The smallest absolute Gasteiger partial charge is 0.338 e. The predicted octanol–water partition coefficient (Wildman–Crippen LogP) is 3.44. The van der Waals surface area contributed by atoms with Crippen molar-refractivity contribution in [3.05, 3.63) is 59.1 Å². The minimum absolute atomic E-state index is 0.0635. The average Bonchev–Trinajstić information content (AvgIpc) is 3.03. The summed E-state index contributed by atoms with van der Waals surface area (Å²) >= 11 is 5.88. The topological polar surface area (TPSA) is 87.7 Å². The molecule has 0 spiro atoms. The minimum Gasteiger partial charge on any atom is -0.462 e. The van der Waals surface area contributed by atoms with Crippen molar-refractivity contribution in [3.8, 4) is 0 Å². The number of halogens is 1. The van der Waals surface area contributed by atoms with E-state index in [2.05, 4.69) is 10.6 Å². The van der Waals surface area contributed by atoms with Crippen LogP contribution in [0.1, 0.15) is 23.7 Å². The maximum absolute atomic E-state index is 12.2. The van der Waals surface area contributed by atoms with Crippen LogP contribution in [0.25, 0.3) is 0 Å². The molecule has 0 aliphatic carbocycles. The number of amides is 3. The molecule has 3 amide bonds. The molecule has 2 aromatic carbocycles. The van der Waals surface area contributed by atoms with Crippen LogP contribution in [0.15, 0.2) is 48.5 Å². The third-order valence-electron chi connectivity index (χ3n) is 4.25. The van der Waals surface area contributed by atoms with E-state index in [1.807, 2.05) is 0 Å². The fourth-order valence-corrected chi connectivity index (χ4v) is 3.06. The van der Waals surface area contributed by atoms with Crippen molar-refractivity contribution in [1.29, 1.82) is 0 Å². The van der Waals surface area contributed by atoms with E-state index in [4.69, 9.17) is 16.3 Å². The van der Waals surface area contributed by atoms with Gasteiger partial charge in [-0.3, -0.25) is 4.79 Å². The molecule has 1 atom stereocenters. The van der Waals surface area contributed by atoms with Crippen LogP contribution in [0.5, 0.6) is 0 Å². The van der Waals surface area contributed by atoms with Crippen molar-refractivity contribution in [3.63, 3.8) is 0 Å². The van der Waals surface area contributed by atoms with Gasteiger partial charge in [0.15, 0.2) is 0 Å². The molecule has 3 rings (SSSR count). The zero-order valence-corrected chi connectivity index (χ0v) is 16.0. The summed E-state index contributed by atoms with van der Waals surface area (Å²) in [7, 11) is 0. The van der Waals surface area contributed by atoms with E-state index in [0.29, 0.717) is 29.4 Å². The molecule has 0 aromatic heterocycles. The largest absolute Gasteiger partial charge is 0.462 e. The molecule has 28 heavy (non-hydrogen) atoms. The summed E-state index contributed by atoms with van der Waals surface area (Å²) in [5.74, 6) is -0.475. The summed E-state index contributed by atoms with van der Waals surface area (Å²) in [6.07, 6.45) is 0.220. The van der Waals surface area contributed by atoms with E-state index in [9.17, 15) is 14.4 Å². The van der Waals surface area contributed by atoms with Crippen LogP contribution in [0.3, 0.4) is 0 Å². The SMILES string of the molecule is CCOC(=O)c1ccc(NC(=O)N[C@H]2CC(=O)N(c3ccc(Cl)cc3)C2)cc1. The van der Waals surface area contributed by atoms with E-state index >= 15 is 0 Å². The van der Waals surface area contributed by atoms with E-state index in [0.717, 1.165) is 5.69 Å². The van der Waals surface area contributed by atoms with Crippen molar-refractivity contribution >= 4 is 40.9 Å². The van der Waals surface area contributed by atoms with E-state index < -0.39 is 12.0 Å². The van der Waals surface area contributed by atoms with Crippen molar-refractivity contribution in [1.82, 2.24) is 5.32 Å². The van der Waals surface area contributed by atoms with E-state index in [-0.39, 0.29) is 18.4 Å². The first-order valence-electron chi connectivity index (χ1n) is 8.87. The highest BCUT2D eigenvalue weighted by molar-refractivity contribution is 6.30. The Hall–Kier alpha value is -3.06. The molecule has 1 aliphatic rings. The Kier molecular flexibility index (Phi) is 6.16. The van der Waals surface area contributed by atoms with Crippen LogP contribution in [0, 0.1) is 0 Å². The van der Waals surface area contributed by atoms with Gasteiger partial charge in [-0.2, -0.15) is 0 Å². The average molecular weight is 402 g/mol. The zero-order chi connectivity index (χ0) is 20.1. The number of nitrogens with zero attached hydrogens (tertiary/aromatic N) is 1. The zero-order valence-electron chi connectivity index (χ0n) is 15.3. The molecular formula is C20H20ClN3O4. The number of anilines is 2. The van der Waals surface area contributed by atoms with E-state index in [1.165, 1.54) is 0 Å². The molecule has 0 unspecified atom stereocenters. The summed E-state index contributed by atoms with van der Waals surface area (Å²) in [5.41, 5.74) is 1.69. The van der Waals surface area contributed by atoms with Gasteiger partial charge in [0.05, 0.1) is 18.2 Å². The Labute approximate surface area is 167 Å². The molecule has 2 N–H and O–H groups in total. The number of ether oxygens (including phenoxy) is 1. The maximum Gasteiger partial charge on any atom is 0.338 e. The van der Waals surface area contributed by atoms with Crippen LogP contribution >= 0.6 is 11.6 Å². The van der Waals surface area contributed by atoms with Gasteiger partial charge in [-0.25, -0.2) is 9.59 Å². The van der Waals surface area contributed by atoms with Gasteiger partial charge in [-0.15, -0.1) is 0 Å². The summed E-state index contributed by atoms with van der Waals surface area (Å²) in [6, 6.07) is 12.7. The lowest BCUT2D eigenvalue weighted by molar-refractivity contribution is -0.117. The normalized spacial score (nSPS) is 16.0. The van der Waals surface area contributed by atoms with Crippen LogP contribution in [-0.2, 0) is 9.53 Å². The summed E-state index contributed by atoms with van der Waals surface area (Å²) < 4.78 is 4.92. The molecule has 1 fully saturated rings. The van der Waals surface area contributed by atoms with Crippen molar-refractivity contribution < 1.29 is 19.1 Å². The second-order valence-corrected chi connectivity index (χ2v) is 6.71. The maximum atomic E-state index is 12.2. The number of carbonyl (C=O) groups excluding carboxylic acids is 3. The van der Waals surface area contributed by atoms with Crippen LogP contribution < -0.4 is 15.5 Å². The molecule has 0 saturated carbocycles. The molecule has 0 radical (unpaired) electrons. The van der Waals surface area contributed by atoms with Crippen LogP contribution in [0.2, 0.25) is 5.02 Å². The number of carbonyl (C=O) groups is 3. The van der Waals surface area contributed by atoms with Crippen molar-refractivity contribution in [2.45, 2.75) is 19.4 Å². The second kappa shape index (κ2) is 8.75. The lowest BCUT2D eigenvalue weighted by Crippen LogP contribution is -2.39. The first-order valence-corrected chi connectivity index (χ1v) is 9.24. The third-order valence-corrected chi connectivity index (χ3v) is 4.50. The Morgan fingerprint density at radius 1 is 1.14 bits per heavy atom. The number of benzene rings is 2. The summed E-state index contributed by atoms with van der Waals surface area (Å²) in [6.45, 7) is 2.42. The highest BCUT2D eigenvalue weighted by Crippen LogP contribution is 2.23. The molecule has 2 aromatic rings. The number of esters is 1. The molecule has 1 heterocycles. The first-order chi connectivity index (χ1) is 13.5. The Morgan fingerprint density at radius 2 is 1.82 bits per heavy atom. The Bertz CT molecular complexity index is 868. The third kappa shape index (κ3) is 4.80. The van der Waals surface area contributed by atoms with Gasteiger partial charge in [0.25, 0.3) is 0 Å². The predicted molar refractivity (Wildman–Crippen MR) is 107 cm³/mol. The molecule has 1 aliphatic heterocycles. The van der Waals surface area contributed by atoms with Crippen molar-refractivity contribution in [2.24, 2.45) is 0 Å². The number of hydrogen-bond acceptors (Lipinski definition) is 4. The molecular weight excluding hydrogens is 382 g/mol. The quantitative estimate of drug-likeness (QED) is 0.751. The summed E-state index contributed by atoms with van der Waals surface area (Å²) in [5, 5.41) is 6.09. The van der Waals surface area contributed by atoms with Gasteiger partial charge in [0.1, 0.15) is 0 Å². The lowest BCUT2D eigenvalue weighted by Gasteiger charge is -2.17. The molecule has 8 heteroatoms. The number of hydrogen-bond donors (Lipinski definition) is 2. The first kappa shape index (κ1) is 19.7. The van der Waals surface area contributed by atoms with Crippen LogP contribution in [-0.4, -0.2) is 37.1 Å². The number of rotatable bonds is 5. The number of urea groups is 1. The highest BCUT2D eigenvalue weighted by Gasteiger charge is 2.31. The molecule has 0 bridgehead atoms. The minimum atomic E-state index is -0.417. The van der Waals surface area contributed by atoms with Gasteiger partial charge in [-0.1, -0.05) is 11.6 Å². The Morgan fingerprint density at radius 3 is 2.46 bits per heavy atom. The molecule has 1 saturated heterocycles. The van der Waals surface area contributed by atoms with Gasteiger partial charge in [0, 0.05) is 29.4 Å². The van der Waals surface area contributed by atoms with Crippen LogP contribution in [0.4, 0.5) is 16.2 Å². The monoisotopic (exact) mass is 401 g/mol. The fourth-order valence-electron chi connectivity index (χ4n) is 2.93. The van der Waals surface area contributed by atoms with Gasteiger partial charge in [0.2, 0.25) is 5.91 Å². The summed E-state index contributed by atoms with van der Waals surface area (Å²) in [4.78, 5) is 37.7. The standard InChI is InChI=1S/C20H20ClN3O4/c1-2-28-19(26)13-3-7-15(8-4-13)22-20(27)23-16-11-18(25)24(12-16)17-9-5-14(21)6-10-17/h3-10,16H,2,11-12H2,1H3,(H2,22,23,27)/t16-/m0/s1. The Balaban J connectivity index is 1.54. The van der Waals surface area contributed by atoms with Gasteiger partial charge < -0.3 is 20.3 Å². The van der Waals surface area contributed by atoms with Gasteiger partial charge >= 0.3 is 12.0 Å². The van der Waals surface area contributed by atoms with E-state index in [1.54, 1.807) is 60.4 Å². The number of nitrogens with one attached hydrogen (secondary N) is 2.